The number of halogens is 2. The van der Waals surface area contributed by atoms with Gasteiger partial charge in [0.05, 0.1) is 6.10 Å². The minimum Gasteiger partial charge on any atom is -0.487 e. The van der Waals surface area contributed by atoms with E-state index in [0.29, 0.717) is 31.4 Å². The predicted octanol–water partition coefficient (Wildman–Crippen LogP) is 6.31. The molecule has 1 aliphatic carbocycles. The first-order chi connectivity index (χ1) is 14.7. The van der Waals surface area contributed by atoms with E-state index in [1.165, 1.54) is 6.08 Å². The van der Waals surface area contributed by atoms with Crippen LogP contribution in [0.25, 0.3) is 0 Å². The minimum atomic E-state index is -3.01. The van der Waals surface area contributed by atoms with Crippen LogP contribution in [0.4, 0.5) is 8.78 Å². The highest BCUT2D eigenvalue weighted by Gasteiger charge is 2.28. The third-order valence-electron chi connectivity index (χ3n) is 4.43. The van der Waals surface area contributed by atoms with Gasteiger partial charge in [-0.25, -0.2) is 0 Å². The molecule has 2 rings (SSSR count). The lowest BCUT2D eigenvalue weighted by atomic mass is 10.1. The number of alkyl halides is 2. The van der Waals surface area contributed by atoms with E-state index in [1.54, 1.807) is 30.3 Å². The average molecular weight is 437 g/mol. The third kappa shape index (κ3) is 13.4. The molecule has 1 aromatic carbocycles. The maximum absolute atomic E-state index is 13.6. The summed E-state index contributed by atoms with van der Waals surface area (Å²) >= 11 is 0. The molecule has 1 unspecified atom stereocenters. The Labute approximate surface area is 184 Å². The lowest BCUT2D eigenvalue weighted by Crippen LogP contribution is -2.23. The van der Waals surface area contributed by atoms with Crippen LogP contribution in [0.15, 0.2) is 54.6 Å². The molecular weight excluding hydrogens is 402 g/mol. The Hall–Kier alpha value is -2.50. The number of allylic oxidation sites excluding steroid dienone is 3. The summed E-state index contributed by atoms with van der Waals surface area (Å²) in [6, 6.07) is 8.52. The summed E-state index contributed by atoms with van der Waals surface area (Å²) in [6.45, 7) is 5.02. The first kappa shape index (κ1) is 26.5. The number of hydrogen-bond donors (Lipinski definition) is 0. The number of ether oxygens (including phenoxy) is 2. The number of hydrogen-bond acceptors (Lipinski definition) is 4. The fraction of sp³-hybridized carbons (Fsp3) is 0.520. The summed E-state index contributed by atoms with van der Waals surface area (Å²) in [5.41, 5.74) is 0. The number of esters is 1. The van der Waals surface area contributed by atoms with Gasteiger partial charge in [0.25, 0.3) is 5.92 Å². The molecule has 31 heavy (non-hydrogen) atoms. The van der Waals surface area contributed by atoms with E-state index >= 15 is 0 Å². The van der Waals surface area contributed by atoms with Crippen LogP contribution in [0, 0.1) is 5.92 Å². The van der Waals surface area contributed by atoms with Gasteiger partial charge in [0, 0.05) is 19.3 Å². The van der Waals surface area contributed by atoms with E-state index in [1.807, 2.05) is 26.8 Å². The molecule has 0 N–H and O–H groups in total. The van der Waals surface area contributed by atoms with Gasteiger partial charge in [-0.15, -0.1) is 0 Å². The molecule has 0 amide bonds. The summed E-state index contributed by atoms with van der Waals surface area (Å²) in [5.74, 6) is -2.57. The number of ketones is 1. The fourth-order valence-corrected chi connectivity index (χ4v) is 2.88. The van der Waals surface area contributed by atoms with Crippen LogP contribution in [0.5, 0.6) is 5.75 Å². The van der Waals surface area contributed by atoms with Crippen molar-refractivity contribution in [1.82, 2.24) is 0 Å². The van der Waals surface area contributed by atoms with Gasteiger partial charge in [-0.1, -0.05) is 36.4 Å². The number of Topliss-reactive ketones (excluding diaryl/α,β-unsaturated/α-hetero) is 1. The number of rotatable bonds is 10. The fourth-order valence-electron chi connectivity index (χ4n) is 2.88. The molecule has 0 aromatic heterocycles. The van der Waals surface area contributed by atoms with Crippen molar-refractivity contribution in [3.63, 3.8) is 0 Å². The van der Waals surface area contributed by atoms with Crippen molar-refractivity contribution in [2.45, 2.75) is 71.3 Å². The Morgan fingerprint density at radius 2 is 1.97 bits per heavy atom. The molecular formula is C25H34F2O4. The van der Waals surface area contributed by atoms with E-state index in [4.69, 9.17) is 9.47 Å². The topological polar surface area (TPSA) is 52.6 Å². The van der Waals surface area contributed by atoms with Gasteiger partial charge in [-0.05, 0) is 64.2 Å². The van der Waals surface area contributed by atoms with Crippen molar-refractivity contribution in [1.29, 1.82) is 0 Å². The van der Waals surface area contributed by atoms with Gasteiger partial charge in [0.2, 0.25) is 0 Å². The standard InChI is InChI=1S/C15H16F2O2.C10H18O2/c16-15(17,9-8-12-6-7-13(18)10-12)11-19-14-4-2-1-3-5-14;1-4-5-6-7-8-10(11)12-9(2)3/h1-5,8-9,12H,6-7,10-11H2;4-5,9H,6-8H2,1-3H3/b9-8+;5-4-. The zero-order valence-electron chi connectivity index (χ0n) is 18.7. The molecule has 0 heterocycles. The summed E-state index contributed by atoms with van der Waals surface area (Å²) in [4.78, 5) is 22.0. The number of carbonyl (C=O) groups is 2. The van der Waals surface area contributed by atoms with E-state index in [-0.39, 0.29) is 23.8 Å². The Morgan fingerprint density at radius 1 is 1.26 bits per heavy atom. The summed E-state index contributed by atoms with van der Waals surface area (Å²) in [5, 5.41) is 0. The largest absolute Gasteiger partial charge is 0.487 e. The van der Waals surface area contributed by atoms with Crippen molar-refractivity contribution in [3.05, 3.63) is 54.6 Å². The minimum absolute atomic E-state index is 0.0132. The SMILES string of the molecule is C/C=C\CCCC(=O)OC(C)C.O=C1CCC(/C=C/C(F)(F)COc2ccccc2)C1. The lowest BCUT2D eigenvalue weighted by Gasteiger charge is -2.14. The molecule has 172 valence electrons. The van der Waals surface area contributed by atoms with Crippen molar-refractivity contribution < 1.29 is 27.8 Å². The highest BCUT2D eigenvalue weighted by molar-refractivity contribution is 5.80. The Kier molecular flexibility index (Phi) is 12.4. The molecule has 0 radical (unpaired) electrons. The highest BCUT2D eigenvalue weighted by atomic mass is 19.3. The maximum atomic E-state index is 13.6. The second-order valence-electron chi connectivity index (χ2n) is 7.76. The number of para-hydroxylation sites is 1. The molecule has 0 aliphatic heterocycles. The van der Waals surface area contributed by atoms with Crippen molar-refractivity contribution in [2.75, 3.05) is 6.61 Å². The van der Waals surface area contributed by atoms with Crippen LogP contribution in [-0.4, -0.2) is 30.4 Å². The Morgan fingerprint density at radius 3 is 2.55 bits per heavy atom. The van der Waals surface area contributed by atoms with Gasteiger partial charge in [0.15, 0.2) is 6.61 Å². The molecule has 0 saturated heterocycles. The zero-order valence-corrected chi connectivity index (χ0v) is 18.7. The first-order valence-electron chi connectivity index (χ1n) is 10.8. The highest BCUT2D eigenvalue weighted by Crippen LogP contribution is 2.26. The summed E-state index contributed by atoms with van der Waals surface area (Å²) < 4.78 is 37.1. The second-order valence-corrected chi connectivity index (χ2v) is 7.76. The zero-order chi connectivity index (χ0) is 23.1. The van der Waals surface area contributed by atoms with E-state index in [0.717, 1.165) is 18.9 Å². The number of benzene rings is 1. The maximum Gasteiger partial charge on any atom is 0.306 e. The molecule has 0 spiro atoms. The summed E-state index contributed by atoms with van der Waals surface area (Å²) in [7, 11) is 0. The molecule has 1 atom stereocenters. The molecule has 1 aliphatic rings. The van der Waals surface area contributed by atoms with Gasteiger partial charge in [-0.3, -0.25) is 9.59 Å². The van der Waals surface area contributed by atoms with Gasteiger partial charge >= 0.3 is 5.97 Å². The average Bonchev–Trinajstić information content (AvgIpc) is 3.15. The smallest absolute Gasteiger partial charge is 0.306 e. The Bertz CT molecular complexity index is 711. The molecule has 0 bridgehead atoms. The van der Waals surface area contributed by atoms with Gasteiger partial charge in [-0.2, -0.15) is 8.78 Å². The number of unbranched alkanes of at least 4 members (excludes halogenated alkanes) is 1. The molecule has 6 heteroatoms. The normalized spacial score (nSPS) is 16.6. The van der Waals surface area contributed by atoms with E-state index < -0.39 is 12.5 Å². The van der Waals surface area contributed by atoms with Crippen LogP contribution in [-0.2, 0) is 14.3 Å². The Balaban J connectivity index is 0.000000348. The molecule has 1 aromatic rings. The molecule has 1 fully saturated rings. The molecule has 1 saturated carbocycles. The van der Waals surface area contributed by atoms with Crippen molar-refractivity contribution >= 4 is 11.8 Å². The van der Waals surface area contributed by atoms with Crippen molar-refractivity contribution in [3.8, 4) is 5.75 Å². The monoisotopic (exact) mass is 436 g/mol. The van der Waals surface area contributed by atoms with Crippen LogP contribution in [0.3, 0.4) is 0 Å². The quantitative estimate of drug-likeness (QED) is 0.245. The van der Waals surface area contributed by atoms with Gasteiger partial charge < -0.3 is 9.47 Å². The van der Waals surface area contributed by atoms with E-state index in [9.17, 15) is 18.4 Å². The summed E-state index contributed by atoms with van der Waals surface area (Å²) in [6.07, 6.45) is 10.3. The predicted molar refractivity (Wildman–Crippen MR) is 118 cm³/mol. The molecule has 4 nitrogen and oxygen atoms in total. The van der Waals surface area contributed by atoms with Crippen LogP contribution in [0.2, 0.25) is 0 Å². The van der Waals surface area contributed by atoms with Gasteiger partial charge in [0.1, 0.15) is 11.5 Å². The van der Waals surface area contributed by atoms with Crippen molar-refractivity contribution in [2.24, 2.45) is 5.92 Å². The van der Waals surface area contributed by atoms with Crippen LogP contribution >= 0.6 is 0 Å². The number of carbonyl (C=O) groups excluding carboxylic acids is 2. The van der Waals surface area contributed by atoms with E-state index in [2.05, 4.69) is 6.08 Å². The first-order valence-corrected chi connectivity index (χ1v) is 10.8. The van der Waals surface area contributed by atoms with Crippen LogP contribution < -0.4 is 4.74 Å². The lowest BCUT2D eigenvalue weighted by molar-refractivity contribution is -0.147. The third-order valence-corrected chi connectivity index (χ3v) is 4.43. The van der Waals surface area contributed by atoms with Crippen LogP contribution in [0.1, 0.15) is 59.3 Å². The second kappa shape index (κ2) is 14.5.